The monoisotopic (exact) mass is 208 g/mol. The van der Waals surface area contributed by atoms with Crippen molar-refractivity contribution >= 4 is 5.91 Å². The van der Waals surface area contributed by atoms with Gasteiger partial charge in [0, 0.05) is 25.1 Å². The molecular formula is C9H12N4O2. The van der Waals surface area contributed by atoms with Gasteiger partial charge in [0.05, 0.1) is 18.8 Å². The molecule has 6 nitrogen and oxygen atoms in total. The summed E-state index contributed by atoms with van der Waals surface area (Å²) in [5.41, 5.74) is 5.12. The van der Waals surface area contributed by atoms with Gasteiger partial charge in [0.25, 0.3) is 5.91 Å². The fraction of sp³-hybridized carbons (Fsp3) is 0.556. The van der Waals surface area contributed by atoms with E-state index in [-0.39, 0.29) is 5.91 Å². The molecule has 3 heterocycles. The van der Waals surface area contributed by atoms with Crippen molar-refractivity contribution < 1.29 is 9.63 Å². The minimum absolute atomic E-state index is 0.190. The second-order valence-corrected chi connectivity index (χ2v) is 3.70. The standard InChI is InChI=1S/C9H12N4O2/c14-9-8-6-5-10-2-1-7(6)11-13(8)3-4-15-12-9/h10H,1-5H2,(H,12,14). The van der Waals surface area contributed by atoms with E-state index >= 15 is 0 Å². The number of hydroxylamine groups is 1. The third-order valence-electron chi connectivity index (χ3n) is 2.76. The summed E-state index contributed by atoms with van der Waals surface area (Å²) in [4.78, 5) is 16.7. The van der Waals surface area contributed by atoms with E-state index in [0.717, 1.165) is 30.8 Å². The van der Waals surface area contributed by atoms with E-state index in [2.05, 4.69) is 15.9 Å². The lowest BCUT2D eigenvalue weighted by molar-refractivity contribution is 0.0339. The number of rotatable bonds is 0. The Balaban J connectivity index is 2.12. The number of fused-ring (bicyclic) bond motifs is 3. The summed E-state index contributed by atoms with van der Waals surface area (Å²) in [6, 6.07) is 0. The maximum Gasteiger partial charge on any atom is 0.293 e. The first-order chi connectivity index (χ1) is 7.36. The first kappa shape index (κ1) is 8.87. The van der Waals surface area contributed by atoms with E-state index < -0.39 is 0 Å². The Hall–Kier alpha value is -1.40. The van der Waals surface area contributed by atoms with Gasteiger partial charge in [-0.05, 0) is 0 Å². The predicted molar refractivity (Wildman–Crippen MR) is 51.1 cm³/mol. The van der Waals surface area contributed by atoms with Crippen molar-refractivity contribution in [2.75, 3.05) is 13.2 Å². The molecule has 6 heteroatoms. The van der Waals surface area contributed by atoms with Crippen LogP contribution in [0.2, 0.25) is 0 Å². The van der Waals surface area contributed by atoms with Crippen LogP contribution in [0.5, 0.6) is 0 Å². The van der Waals surface area contributed by atoms with Crippen LogP contribution in [0.15, 0.2) is 0 Å². The first-order valence-electron chi connectivity index (χ1n) is 5.07. The lowest BCUT2D eigenvalue weighted by atomic mass is 10.1. The smallest absolute Gasteiger partial charge is 0.293 e. The van der Waals surface area contributed by atoms with Crippen molar-refractivity contribution in [3.63, 3.8) is 0 Å². The van der Waals surface area contributed by atoms with E-state index in [1.54, 1.807) is 4.68 Å². The third kappa shape index (κ3) is 1.33. The number of aromatic nitrogens is 2. The second-order valence-electron chi connectivity index (χ2n) is 3.70. The SMILES string of the molecule is O=C1NOCCn2nc3c(c21)CNCC3. The fourth-order valence-electron chi connectivity index (χ4n) is 2.07. The van der Waals surface area contributed by atoms with Gasteiger partial charge in [-0.1, -0.05) is 0 Å². The average Bonchev–Trinajstić information content (AvgIpc) is 2.53. The van der Waals surface area contributed by atoms with Gasteiger partial charge in [-0.25, -0.2) is 5.48 Å². The molecule has 0 spiro atoms. The Morgan fingerprint density at radius 2 is 2.40 bits per heavy atom. The summed E-state index contributed by atoms with van der Waals surface area (Å²) >= 11 is 0. The number of amides is 1. The van der Waals surface area contributed by atoms with Crippen LogP contribution >= 0.6 is 0 Å². The quantitative estimate of drug-likeness (QED) is 0.586. The number of nitrogens with one attached hydrogen (secondary N) is 2. The average molecular weight is 208 g/mol. The van der Waals surface area contributed by atoms with Crippen LogP contribution in [0.1, 0.15) is 21.7 Å². The minimum Gasteiger partial charge on any atom is -0.312 e. The molecule has 2 N–H and O–H groups in total. The fourth-order valence-corrected chi connectivity index (χ4v) is 2.07. The van der Waals surface area contributed by atoms with E-state index in [1.165, 1.54) is 0 Å². The maximum absolute atomic E-state index is 11.7. The lowest BCUT2D eigenvalue weighted by Crippen LogP contribution is -2.27. The van der Waals surface area contributed by atoms with Gasteiger partial charge in [0.15, 0.2) is 0 Å². The summed E-state index contributed by atoms with van der Waals surface area (Å²) in [5.74, 6) is -0.190. The molecule has 0 aromatic carbocycles. The molecule has 80 valence electrons. The highest BCUT2D eigenvalue weighted by Crippen LogP contribution is 2.19. The van der Waals surface area contributed by atoms with E-state index in [4.69, 9.17) is 4.84 Å². The topological polar surface area (TPSA) is 68.2 Å². The van der Waals surface area contributed by atoms with Crippen molar-refractivity contribution in [2.45, 2.75) is 19.5 Å². The zero-order valence-corrected chi connectivity index (χ0v) is 8.25. The van der Waals surface area contributed by atoms with Crippen LogP contribution < -0.4 is 10.8 Å². The van der Waals surface area contributed by atoms with Gasteiger partial charge >= 0.3 is 0 Å². The number of carbonyl (C=O) groups is 1. The molecule has 0 radical (unpaired) electrons. The van der Waals surface area contributed by atoms with E-state index in [1.807, 2.05) is 0 Å². The normalized spacial score (nSPS) is 20.1. The van der Waals surface area contributed by atoms with Crippen LogP contribution in [0.4, 0.5) is 0 Å². The zero-order chi connectivity index (χ0) is 10.3. The molecule has 1 amide bonds. The summed E-state index contributed by atoms with van der Waals surface area (Å²) in [6.45, 7) is 2.74. The van der Waals surface area contributed by atoms with Crippen LogP contribution in [-0.2, 0) is 24.3 Å². The van der Waals surface area contributed by atoms with Gasteiger partial charge < -0.3 is 5.32 Å². The van der Waals surface area contributed by atoms with Crippen LogP contribution in [0, 0.1) is 0 Å². The molecule has 1 aromatic rings. The molecular weight excluding hydrogens is 196 g/mol. The molecule has 0 aliphatic carbocycles. The number of nitrogens with zero attached hydrogens (tertiary/aromatic N) is 2. The van der Waals surface area contributed by atoms with Crippen LogP contribution in [0.25, 0.3) is 0 Å². The summed E-state index contributed by atoms with van der Waals surface area (Å²) in [7, 11) is 0. The molecule has 0 saturated heterocycles. The molecule has 1 aromatic heterocycles. The minimum atomic E-state index is -0.190. The number of carbonyl (C=O) groups excluding carboxylic acids is 1. The Bertz CT molecular complexity index is 412. The Morgan fingerprint density at radius 3 is 3.33 bits per heavy atom. The van der Waals surface area contributed by atoms with Gasteiger partial charge in [0.1, 0.15) is 5.69 Å². The molecule has 0 saturated carbocycles. The van der Waals surface area contributed by atoms with Crippen molar-refractivity contribution in [3.8, 4) is 0 Å². The van der Waals surface area contributed by atoms with Crippen molar-refractivity contribution in [3.05, 3.63) is 17.0 Å². The second kappa shape index (κ2) is 3.32. The van der Waals surface area contributed by atoms with Crippen molar-refractivity contribution in [1.29, 1.82) is 0 Å². The Labute approximate surface area is 86.5 Å². The molecule has 0 fully saturated rings. The molecule has 15 heavy (non-hydrogen) atoms. The molecule has 2 aliphatic rings. The highest BCUT2D eigenvalue weighted by Gasteiger charge is 2.26. The molecule has 0 unspecified atom stereocenters. The maximum atomic E-state index is 11.7. The lowest BCUT2D eigenvalue weighted by Gasteiger charge is -2.11. The Morgan fingerprint density at radius 1 is 1.47 bits per heavy atom. The largest absolute Gasteiger partial charge is 0.312 e. The predicted octanol–water partition coefficient (Wildman–Crippen LogP) is -0.796. The zero-order valence-electron chi connectivity index (χ0n) is 8.25. The molecule has 2 aliphatic heterocycles. The number of hydrogen-bond donors (Lipinski definition) is 2. The van der Waals surface area contributed by atoms with Gasteiger partial charge in [-0.15, -0.1) is 0 Å². The van der Waals surface area contributed by atoms with Crippen molar-refractivity contribution in [1.82, 2.24) is 20.6 Å². The first-order valence-corrected chi connectivity index (χ1v) is 5.07. The number of hydrogen-bond acceptors (Lipinski definition) is 4. The van der Waals surface area contributed by atoms with Gasteiger partial charge in [0.2, 0.25) is 0 Å². The highest BCUT2D eigenvalue weighted by atomic mass is 16.7. The van der Waals surface area contributed by atoms with Crippen LogP contribution in [-0.4, -0.2) is 28.8 Å². The highest BCUT2D eigenvalue weighted by molar-refractivity contribution is 5.93. The Kier molecular flexibility index (Phi) is 1.96. The van der Waals surface area contributed by atoms with Gasteiger partial charge in [-0.3, -0.25) is 14.3 Å². The summed E-state index contributed by atoms with van der Waals surface area (Å²) in [6.07, 6.45) is 0.892. The van der Waals surface area contributed by atoms with Crippen molar-refractivity contribution in [2.24, 2.45) is 0 Å². The van der Waals surface area contributed by atoms with Gasteiger partial charge in [-0.2, -0.15) is 5.10 Å². The molecule has 3 rings (SSSR count). The molecule has 0 bridgehead atoms. The third-order valence-corrected chi connectivity index (χ3v) is 2.76. The molecule has 0 atom stereocenters. The van der Waals surface area contributed by atoms with E-state index in [9.17, 15) is 4.79 Å². The summed E-state index contributed by atoms with van der Waals surface area (Å²) in [5, 5.41) is 7.68. The summed E-state index contributed by atoms with van der Waals surface area (Å²) < 4.78 is 1.75. The van der Waals surface area contributed by atoms with E-state index in [0.29, 0.717) is 18.8 Å². The van der Waals surface area contributed by atoms with Crippen LogP contribution in [0.3, 0.4) is 0 Å².